The van der Waals surface area contributed by atoms with Gasteiger partial charge in [-0.2, -0.15) is 0 Å². The van der Waals surface area contributed by atoms with Crippen LogP contribution in [-0.2, 0) is 21.4 Å². The van der Waals surface area contributed by atoms with E-state index in [2.05, 4.69) is 10.1 Å². The van der Waals surface area contributed by atoms with E-state index < -0.39 is 23.9 Å². The molecule has 1 atom stereocenters. The van der Waals surface area contributed by atoms with Crippen molar-refractivity contribution in [2.75, 3.05) is 7.11 Å². The first kappa shape index (κ1) is 16.0. The summed E-state index contributed by atoms with van der Waals surface area (Å²) in [5.41, 5.74) is 0.235. The average Bonchev–Trinajstić information content (AvgIpc) is 2.72. The number of amides is 1. The molecule has 0 bridgehead atoms. The fourth-order valence-electron chi connectivity index (χ4n) is 1.60. The number of carboxylic acid groups (broad SMARTS) is 1. The number of methoxy groups -OCH3 is 1. The van der Waals surface area contributed by atoms with Crippen molar-refractivity contribution in [1.82, 2.24) is 9.88 Å². The molecular formula is C12H15ClN2O5. The Morgan fingerprint density at radius 2 is 2.15 bits per heavy atom. The van der Waals surface area contributed by atoms with Crippen LogP contribution in [0.15, 0.2) is 12.3 Å². The van der Waals surface area contributed by atoms with Crippen molar-refractivity contribution in [2.45, 2.75) is 18.9 Å². The molecule has 1 aromatic heterocycles. The molecule has 1 rings (SSSR count). The Hall–Kier alpha value is -2.02. The lowest BCUT2D eigenvalue weighted by Gasteiger charge is -2.14. The van der Waals surface area contributed by atoms with Crippen LogP contribution in [0.4, 0.5) is 0 Å². The zero-order valence-electron chi connectivity index (χ0n) is 11.1. The highest BCUT2D eigenvalue weighted by Crippen LogP contribution is 2.13. The fraction of sp³-hybridized carbons (Fsp3) is 0.417. The molecule has 0 aliphatic rings. The van der Waals surface area contributed by atoms with Crippen LogP contribution < -0.4 is 5.32 Å². The van der Waals surface area contributed by atoms with E-state index in [9.17, 15) is 14.4 Å². The molecule has 0 saturated carbocycles. The normalized spacial score (nSPS) is 11.8. The highest BCUT2D eigenvalue weighted by Gasteiger charge is 2.23. The lowest BCUT2D eigenvalue weighted by Crippen LogP contribution is -2.41. The van der Waals surface area contributed by atoms with Crippen molar-refractivity contribution < 1.29 is 24.2 Å². The quantitative estimate of drug-likeness (QED) is 0.758. The number of aliphatic carboxylic acids is 1. The first-order valence-electron chi connectivity index (χ1n) is 5.77. The molecular weight excluding hydrogens is 288 g/mol. The second kappa shape index (κ2) is 6.95. The maximum absolute atomic E-state index is 11.9. The SMILES string of the molecule is COC(=O)CC[C@H](NC(=O)c1cc(Cl)cn1C)C(=O)O. The number of nitrogens with zero attached hydrogens (tertiary/aromatic N) is 1. The third kappa shape index (κ3) is 4.27. The van der Waals surface area contributed by atoms with Crippen LogP contribution in [0, 0.1) is 0 Å². The van der Waals surface area contributed by atoms with Gasteiger partial charge in [0.2, 0.25) is 0 Å². The molecule has 20 heavy (non-hydrogen) atoms. The molecule has 0 spiro atoms. The molecule has 7 nitrogen and oxygen atoms in total. The van der Waals surface area contributed by atoms with E-state index in [-0.39, 0.29) is 18.5 Å². The van der Waals surface area contributed by atoms with Crippen LogP contribution >= 0.6 is 11.6 Å². The van der Waals surface area contributed by atoms with Gasteiger partial charge >= 0.3 is 11.9 Å². The van der Waals surface area contributed by atoms with Crippen molar-refractivity contribution in [3.05, 3.63) is 23.0 Å². The molecule has 110 valence electrons. The Bertz CT molecular complexity index is 526. The monoisotopic (exact) mass is 302 g/mol. The highest BCUT2D eigenvalue weighted by atomic mass is 35.5. The minimum Gasteiger partial charge on any atom is -0.480 e. The average molecular weight is 303 g/mol. The van der Waals surface area contributed by atoms with Crippen molar-refractivity contribution in [2.24, 2.45) is 7.05 Å². The maximum Gasteiger partial charge on any atom is 0.326 e. The zero-order valence-corrected chi connectivity index (χ0v) is 11.8. The molecule has 8 heteroatoms. The lowest BCUT2D eigenvalue weighted by molar-refractivity contribution is -0.142. The predicted octanol–water partition coefficient (Wildman–Crippen LogP) is 0.815. The van der Waals surface area contributed by atoms with E-state index in [0.29, 0.717) is 5.02 Å². The number of rotatable bonds is 6. The van der Waals surface area contributed by atoms with Gasteiger partial charge < -0.3 is 19.7 Å². The molecule has 0 saturated heterocycles. The molecule has 1 amide bonds. The maximum atomic E-state index is 11.9. The van der Waals surface area contributed by atoms with Gasteiger partial charge in [-0.15, -0.1) is 0 Å². The van der Waals surface area contributed by atoms with E-state index in [1.54, 1.807) is 7.05 Å². The number of nitrogens with one attached hydrogen (secondary N) is 1. The molecule has 1 heterocycles. The summed E-state index contributed by atoms with van der Waals surface area (Å²) in [6.07, 6.45) is 1.38. The van der Waals surface area contributed by atoms with Crippen LogP contribution in [0.3, 0.4) is 0 Å². The van der Waals surface area contributed by atoms with Gasteiger partial charge in [0, 0.05) is 19.7 Å². The first-order valence-corrected chi connectivity index (χ1v) is 6.15. The van der Waals surface area contributed by atoms with Gasteiger partial charge in [0.05, 0.1) is 12.1 Å². The van der Waals surface area contributed by atoms with Crippen LogP contribution in [0.25, 0.3) is 0 Å². The van der Waals surface area contributed by atoms with Gasteiger partial charge in [0.1, 0.15) is 11.7 Å². The van der Waals surface area contributed by atoms with Crippen LogP contribution in [0.1, 0.15) is 23.3 Å². The molecule has 0 aromatic carbocycles. The number of carbonyl (C=O) groups is 3. The summed E-state index contributed by atoms with van der Waals surface area (Å²) in [7, 11) is 2.83. The number of hydrogen-bond donors (Lipinski definition) is 2. The number of carboxylic acids is 1. The Morgan fingerprint density at radius 3 is 2.60 bits per heavy atom. The Balaban J connectivity index is 2.70. The minimum atomic E-state index is -1.22. The van der Waals surface area contributed by atoms with Crippen molar-refractivity contribution >= 4 is 29.4 Å². The predicted molar refractivity (Wildman–Crippen MR) is 70.6 cm³/mol. The molecule has 0 radical (unpaired) electrons. The van der Waals surface area contributed by atoms with Gasteiger partial charge in [-0.3, -0.25) is 9.59 Å². The third-order valence-corrected chi connectivity index (χ3v) is 2.88. The zero-order chi connectivity index (χ0) is 15.3. The van der Waals surface area contributed by atoms with Gasteiger partial charge in [0.25, 0.3) is 5.91 Å². The summed E-state index contributed by atoms with van der Waals surface area (Å²) >= 11 is 5.75. The van der Waals surface area contributed by atoms with Crippen molar-refractivity contribution in [3.8, 4) is 0 Å². The van der Waals surface area contributed by atoms with Gasteiger partial charge in [-0.1, -0.05) is 11.6 Å². The van der Waals surface area contributed by atoms with E-state index in [1.807, 2.05) is 0 Å². The Morgan fingerprint density at radius 1 is 1.50 bits per heavy atom. The Kier molecular flexibility index (Phi) is 5.57. The topological polar surface area (TPSA) is 97.6 Å². The van der Waals surface area contributed by atoms with E-state index in [1.165, 1.54) is 23.9 Å². The first-order chi connectivity index (χ1) is 9.35. The largest absolute Gasteiger partial charge is 0.480 e. The summed E-state index contributed by atoms with van der Waals surface area (Å²) in [6.45, 7) is 0. The molecule has 0 aliphatic heterocycles. The Labute approximate surface area is 120 Å². The number of aromatic nitrogens is 1. The number of carbonyl (C=O) groups excluding carboxylic acids is 2. The molecule has 1 aromatic rings. The molecule has 0 unspecified atom stereocenters. The smallest absolute Gasteiger partial charge is 0.326 e. The second-order valence-electron chi connectivity index (χ2n) is 4.13. The van der Waals surface area contributed by atoms with E-state index in [4.69, 9.17) is 16.7 Å². The molecule has 2 N–H and O–H groups in total. The highest BCUT2D eigenvalue weighted by molar-refractivity contribution is 6.31. The van der Waals surface area contributed by atoms with Gasteiger partial charge in [-0.05, 0) is 12.5 Å². The van der Waals surface area contributed by atoms with Crippen LogP contribution in [0.5, 0.6) is 0 Å². The molecule has 0 fully saturated rings. The minimum absolute atomic E-state index is 0.0497. The summed E-state index contributed by atoms with van der Waals surface area (Å²) in [6, 6.07) is 0.256. The van der Waals surface area contributed by atoms with Crippen molar-refractivity contribution in [3.63, 3.8) is 0 Å². The summed E-state index contributed by atoms with van der Waals surface area (Å²) in [5, 5.41) is 11.7. The van der Waals surface area contributed by atoms with Crippen molar-refractivity contribution in [1.29, 1.82) is 0 Å². The van der Waals surface area contributed by atoms with Gasteiger partial charge in [0.15, 0.2) is 0 Å². The summed E-state index contributed by atoms with van der Waals surface area (Å²) in [5.74, 6) is -2.33. The number of esters is 1. The summed E-state index contributed by atoms with van der Waals surface area (Å²) < 4.78 is 5.91. The van der Waals surface area contributed by atoms with Crippen LogP contribution in [0.2, 0.25) is 5.02 Å². The number of aryl methyl sites for hydroxylation is 1. The second-order valence-corrected chi connectivity index (χ2v) is 4.57. The van der Waals surface area contributed by atoms with E-state index in [0.717, 1.165) is 0 Å². The number of ether oxygens (including phenoxy) is 1. The van der Waals surface area contributed by atoms with E-state index >= 15 is 0 Å². The van der Waals surface area contributed by atoms with Crippen LogP contribution in [-0.4, -0.2) is 40.7 Å². The molecule has 0 aliphatic carbocycles. The number of halogens is 1. The fourth-order valence-corrected chi connectivity index (χ4v) is 1.85. The summed E-state index contributed by atoms with van der Waals surface area (Å²) in [4.78, 5) is 34.0. The lowest BCUT2D eigenvalue weighted by atomic mass is 10.1. The van der Waals surface area contributed by atoms with Gasteiger partial charge in [-0.25, -0.2) is 4.79 Å². The standard InChI is InChI=1S/C12H15ClN2O5/c1-15-6-7(13)5-9(15)11(17)14-8(12(18)19)3-4-10(16)20-2/h5-6,8H,3-4H2,1-2H3,(H,14,17)(H,18,19)/t8-/m0/s1. The third-order valence-electron chi connectivity index (χ3n) is 2.67. The number of hydrogen-bond acceptors (Lipinski definition) is 4.